The van der Waals surface area contributed by atoms with Gasteiger partial charge in [0.15, 0.2) is 0 Å². The average Bonchev–Trinajstić information content (AvgIpc) is 2.27. The molecule has 0 aromatic rings. The van der Waals surface area contributed by atoms with Crippen molar-refractivity contribution >= 4 is 6.03 Å². The van der Waals surface area contributed by atoms with Crippen molar-refractivity contribution in [1.82, 2.24) is 9.80 Å². The lowest BCUT2D eigenvalue weighted by Crippen LogP contribution is -2.47. The fraction of sp³-hybridized carbons (Fsp3) is 0.909. The van der Waals surface area contributed by atoms with E-state index in [4.69, 9.17) is 5.73 Å². The number of amides is 2. The van der Waals surface area contributed by atoms with Crippen LogP contribution in [0, 0.1) is 5.92 Å². The predicted molar refractivity (Wildman–Crippen MR) is 61.6 cm³/mol. The van der Waals surface area contributed by atoms with Gasteiger partial charge in [0.2, 0.25) is 0 Å². The van der Waals surface area contributed by atoms with Gasteiger partial charge in [-0.1, -0.05) is 0 Å². The number of hydrogen-bond donors (Lipinski definition) is 1. The molecule has 2 amide bonds. The Hall–Kier alpha value is -0.770. The molecular weight excluding hydrogens is 190 g/mol. The molecule has 0 bridgehead atoms. The predicted octanol–water partition coefficient (Wildman–Crippen LogP) is 1.12. The summed E-state index contributed by atoms with van der Waals surface area (Å²) in [5, 5.41) is 0. The Bertz CT molecular complexity index is 210. The third-order valence-electron chi connectivity index (χ3n) is 3.35. The molecule has 15 heavy (non-hydrogen) atoms. The largest absolute Gasteiger partial charge is 0.328 e. The highest BCUT2D eigenvalue weighted by Gasteiger charge is 2.25. The Morgan fingerprint density at radius 2 is 2.07 bits per heavy atom. The molecule has 1 atom stereocenters. The van der Waals surface area contributed by atoms with E-state index in [0.717, 1.165) is 32.5 Å². The fourth-order valence-electron chi connectivity index (χ4n) is 1.99. The van der Waals surface area contributed by atoms with Gasteiger partial charge in [0.05, 0.1) is 0 Å². The normalized spacial score (nSPS) is 20.1. The van der Waals surface area contributed by atoms with Gasteiger partial charge in [-0.25, -0.2) is 4.79 Å². The van der Waals surface area contributed by atoms with E-state index in [-0.39, 0.29) is 12.1 Å². The maximum atomic E-state index is 11.8. The molecule has 1 fully saturated rings. The first-order chi connectivity index (χ1) is 7.06. The summed E-state index contributed by atoms with van der Waals surface area (Å²) in [6.45, 7) is 6.53. The molecule has 0 aliphatic carbocycles. The number of hydrogen-bond acceptors (Lipinski definition) is 2. The molecule has 2 N–H and O–H groups in total. The summed E-state index contributed by atoms with van der Waals surface area (Å²) >= 11 is 0. The highest BCUT2D eigenvalue weighted by atomic mass is 16.2. The SMILES string of the molecule is CCN(C)C(=O)N1CCC(C(C)N)CC1. The van der Waals surface area contributed by atoms with Crippen molar-refractivity contribution in [3.8, 4) is 0 Å². The lowest BCUT2D eigenvalue weighted by Gasteiger charge is -2.35. The van der Waals surface area contributed by atoms with Crippen LogP contribution in [0.1, 0.15) is 26.7 Å². The van der Waals surface area contributed by atoms with Crippen LogP contribution in [0.3, 0.4) is 0 Å². The molecule has 1 rings (SSSR count). The standard InChI is InChI=1S/C11H23N3O/c1-4-13(3)11(15)14-7-5-10(6-8-14)9(2)12/h9-10H,4-8,12H2,1-3H3. The van der Waals surface area contributed by atoms with E-state index in [2.05, 4.69) is 6.92 Å². The summed E-state index contributed by atoms with van der Waals surface area (Å²) < 4.78 is 0. The maximum Gasteiger partial charge on any atom is 0.319 e. The van der Waals surface area contributed by atoms with E-state index < -0.39 is 0 Å². The Morgan fingerprint density at radius 3 is 2.47 bits per heavy atom. The minimum absolute atomic E-state index is 0.153. The second kappa shape index (κ2) is 5.35. The topological polar surface area (TPSA) is 49.6 Å². The summed E-state index contributed by atoms with van der Waals surface area (Å²) in [5.74, 6) is 0.584. The number of carbonyl (C=O) groups excluding carboxylic acids is 1. The number of likely N-dealkylation sites (tertiary alicyclic amines) is 1. The van der Waals surface area contributed by atoms with Crippen molar-refractivity contribution in [3.05, 3.63) is 0 Å². The molecule has 88 valence electrons. The highest BCUT2D eigenvalue weighted by molar-refractivity contribution is 5.74. The van der Waals surface area contributed by atoms with Crippen LogP contribution in [0.4, 0.5) is 4.79 Å². The third kappa shape index (κ3) is 3.09. The minimum Gasteiger partial charge on any atom is -0.328 e. The molecule has 4 heteroatoms. The second-order valence-corrected chi connectivity index (χ2v) is 4.48. The van der Waals surface area contributed by atoms with Gasteiger partial charge < -0.3 is 15.5 Å². The van der Waals surface area contributed by atoms with Gasteiger partial charge >= 0.3 is 6.03 Å². The molecule has 1 heterocycles. The molecular formula is C11H23N3O. The van der Waals surface area contributed by atoms with Gasteiger partial charge in [-0.15, -0.1) is 0 Å². The van der Waals surface area contributed by atoms with Gasteiger partial charge in [0, 0.05) is 32.7 Å². The number of nitrogens with zero attached hydrogens (tertiary/aromatic N) is 2. The monoisotopic (exact) mass is 213 g/mol. The summed E-state index contributed by atoms with van der Waals surface area (Å²) in [6, 6.07) is 0.409. The Kier molecular flexibility index (Phi) is 4.39. The Labute approximate surface area is 92.4 Å². The van der Waals surface area contributed by atoms with Crippen molar-refractivity contribution in [2.24, 2.45) is 11.7 Å². The van der Waals surface area contributed by atoms with E-state index in [0.29, 0.717) is 5.92 Å². The van der Waals surface area contributed by atoms with Crippen LogP contribution < -0.4 is 5.73 Å². The minimum atomic E-state index is 0.153. The van der Waals surface area contributed by atoms with Crippen molar-refractivity contribution in [1.29, 1.82) is 0 Å². The van der Waals surface area contributed by atoms with Gasteiger partial charge in [0.1, 0.15) is 0 Å². The summed E-state index contributed by atoms with van der Waals surface area (Å²) in [6.07, 6.45) is 2.09. The number of carbonyl (C=O) groups is 1. The van der Waals surface area contributed by atoms with Crippen LogP contribution in [0.25, 0.3) is 0 Å². The first-order valence-electron chi connectivity index (χ1n) is 5.81. The molecule has 0 radical (unpaired) electrons. The molecule has 0 aromatic heterocycles. The van der Waals surface area contributed by atoms with Gasteiger partial charge in [-0.05, 0) is 32.6 Å². The lowest BCUT2D eigenvalue weighted by molar-refractivity contribution is 0.138. The van der Waals surface area contributed by atoms with Crippen molar-refractivity contribution in [2.75, 3.05) is 26.7 Å². The van der Waals surface area contributed by atoms with Crippen LogP contribution in [0.15, 0.2) is 0 Å². The van der Waals surface area contributed by atoms with Crippen LogP contribution in [-0.4, -0.2) is 48.6 Å². The van der Waals surface area contributed by atoms with Crippen molar-refractivity contribution in [3.63, 3.8) is 0 Å². The van der Waals surface area contributed by atoms with Gasteiger partial charge in [-0.2, -0.15) is 0 Å². The van der Waals surface area contributed by atoms with Crippen LogP contribution in [-0.2, 0) is 0 Å². The highest BCUT2D eigenvalue weighted by Crippen LogP contribution is 2.20. The van der Waals surface area contributed by atoms with Crippen LogP contribution >= 0.6 is 0 Å². The smallest absolute Gasteiger partial charge is 0.319 e. The molecule has 1 unspecified atom stereocenters. The van der Waals surface area contributed by atoms with Crippen molar-refractivity contribution in [2.45, 2.75) is 32.7 Å². The van der Waals surface area contributed by atoms with Crippen molar-refractivity contribution < 1.29 is 4.79 Å². The Balaban J connectivity index is 2.40. The molecule has 1 aliphatic heterocycles. The van der Waals surface area contributed by atoms with E-state index in [1.54, 1.807) is 4.90 Å². The molecule has 4 nitrogen and oxygen atoms in total. The zero-order chi connectivity index (χ0) is 11.4. The molecule has 1 saturated heterocycles. The van der Waals surface area contributed by atoms with Gasteiger partial charge in [-0.3, -0.25) is 0 Å². The second-order valence-electron chi connectivity index (χ2n) is 4.48. The molecule has 0 spiro atoms. The van der Waals surface area contributed by atoms with E-state index in [1.165, 1.54) is 0 Å². The average molecular weight is 213 g/mol. The molecule has 1 aliphatic rings. The van der Waals surface area contributed by atoms with Crippen LogP contribution in [0.2, 0.25) is 0 Å². The lowest BCUT2D eigenvalue weighted by atomic mass is 9.91. The molecule has 0 saturated carbocycles. The first-order valence-corrected chi connectivity index (χ1v) is 5.81. The summed E-state index contributed by atoms with van der Waals surface area (Å²) in [7, 11) is 1.85. The maximum absolute atomic E-state index is 11.8. The first kappa shape index (κ1) is 12.3. The number of rotatable bonds is 2. The number of nitrogens with two attached hydrogens (primary N) is 1. The van der Waals surface area contributed by atoms with E-state index in [9.17, 15) is 4.79 Å². The third-order valence-corrected chi connectivity index (χ3v) is 3.35. The van der Waals surface area contributed by atoms with Gasteiger partial charge in [0.25, 0.3) is 0 Å². The summed E-state index contributed by atoms with van der Waals surface area (Å²) in [5.41, 5.74) is 5.86. The quantitative estimate of drug-likeness (QED) is 0.747. The fourth-order valence-corrected chi connectivity index (χ4v) is 1.99. The Morgan fingerprint density at radius 1 is 1.53 bits per heavy atom. The van der Waals surface area contributed by atoms with E-state index >= 15 is 0 Å². The van der Waals surface area contributed by atoms with E-state index in [1.807, 2.05) is 18.9 Å². The molecule has 0 aromatic carbocycles. The zero-order valence-electron chi connectivity index (χ0n) is 10.1. The number of piperidine rings is 1. The van der Waals surface area contributed by atoms with Crippen LogP contribution in [0.5, 0.6) is 0 Å². The summed E-state index contributed by atoms with van der Waals surface area (Å²) in [4.78, 5) is 15.5. The number of urea groups is 1. The zero-order valence-corrected chi connectivity index (χ0v) is 10.1.